The first kappa shape index (κ1) is 12.2. The first-order chi connectivity index (χ1) is 9.72. The summed E-state index contributed by atoms with van der Waals surface area (Å²) in [5.41, 5.74) is 2.16. The van der Waals surface area contributed by atoms with Gasteiger partial charge in [0.25, 0.3) is 5.91 Å². The van der Waals surface area contributed by atoms with Gasteiger partial charge in [-0.25, -0.2) is 4.98 Å². The Balaban J connectivity index is 1.81. The number of carbonyl (C=O) groups excluding carboxylic acids is 1. The van der Waals surface area contributed by atoms with Crippen molar-refractivity contribution in [2.75, 3.05) is 5.32 Å². The third kappa shape index (κ3) is 2.44. The van der Waals surface area contributed by atoms with Crippen LogP contribution in [0.3, 0.4) is 0 Å². The Hall–Kier alpha value is -2.89. The molecule has 6 nitrogen and oxygen atoms in total. The molecule has 0 aliphatic heterocycles. The fourth-order valence-electron chi connectivity index (χ4n) is 1.91. The van der Waals surface area contributed by atoms with E-state index < -0.39 is 0 Å². The van der Waals surface area contributed by atoms with Crippen LogP contribution in [0.1, 0.15) is 10.4 Å². The molecule has 1 amide bonds. The summed E-state index contributed by atoms with van der Waals surface area (Å²) in [5.74, 6) is 0.581. The van der Waals surface area contributed by atoms with Gasteiger partial charge >= 0.3 is 0 Å². The number of anilines is 1. The number of imidazole rings is 1. The Morgan fingerprint density at radius 2 is 2.30 bits per heavy atom. The molecule has 6 heteroatoms. The summed E-state index contributed by atoms with van der Waals surface area (Å²) in [4.78, 5) is 19.3. The van der Waals surface area contributed by atoms with E-state index in [1.807, 2.05) is 24.3 Å². The summed E-state index contributed by atoms with van der Waals surface area (Å²) in [5, 5.41) is 6.82. The van der Waals surface area contributed by atoms with Crippen molar-refractivity contribution < 1.29 is 4.79 Å². The third-order valence-electron chi connectivity index (χ3n) is 2.86. The van der Waals surface area contributed by atoms with Crippen LogP contribution in [0.2, 0.25) is 0 Å². The summed E-state index contributed by atoms with van der Waals surface area (Å²) >= 11 is 0. The highest BCUT2D eigenvalue weighted by Crippen LogP contribution is 2.19. The molecule has 0 spiro atoms. The minimum atomic E-state index is -0.185. The maximum absolute atomic E-state index is 12.0. The van der Waals surface area contributed by atoms with Crippen molar-refractivity contribution in [3.8, 4) is 11.4 Å². The van der Waals surface area contributed by atoms with Crippen molar-refractivity contribution in [1.29, 1.82) is 0 Å². The van der Waals surface area contributed by atoms with E-state index in [-0.39, 0.29) is 5.91 Å². The second-order valence-corrected chi connectivity index (χ2v) is 4.38. The standard InChI is InChI=1S/C14H13N5O/c1-19-9-11(8-17-19)14(20)18-12-4-2-3-10(7-12)13-15-5-6-16-13/h2-9H,1H3,(H,15,16)(H,18,20). The van der Waals surface area contributed by atoms with E-state index >= 15 is 0 Å². The molecule has 0 bridgehead atoms. The number of aromatic nitrogens is 4. The topological polar surface area (TPSA) is 75.6 Å². The number of carbonyl (C=O) groups is 1. The van der Waals surface area contributed by atoms with Gasteiger partial charge in [-0.3, -0.25) is 9.48 Å². The summed E-state index contributed by atoms with van der Waals surface area (Å²) in [6.07, 6.45) is 6.66. The zero-order chi connectivity index (χ0) is 13.9. The van der Waals surface area contributed by atoms with Gasteiger partial charge in [0, 0.05) is 36.9 Å². The van der Waals surface area contributed by atoms with Gasteiger partial charge in [0.05, 0.1) is 11.8 Å². The average molecular weight is 267 g/mol. The van der Waals surface area contributed by atoms with Crippen molar-refractivity contribution in [2.45, 2.75) is 0 Å². The Kier molecular flexibility index (Phi) is 3.04. The van der Waals surface area contributed by atoms with Gasteiger partial charge in [-0.15, -0.1) is 0 Å². The van der Waals surface area contributed by atoms with E-state index in [4.69, 9.17) is 0 Å². The van der Waals surface area contributed by atoms with Gasteiger partial charge in [0.2, 0.25) is 0 Å². The fraction of sp³-hybridized carbons (Fsp3) is 0.0714. The third-order valence-corrected chi connectivity index (χ3v) is 2.86. The zero-order valence-corrected chi connectivity index (χ0v) is 10.9. The van der Waals surface area contributed by atoms with Crippen LogP contribution in [0.4, 0.5) is 5.69 Å². The smallest absolute Gasteiger partial charge is 0.258 e. The largest absolute Gasteiger partial charge is 0.345 e. The Morgan fingerprint density at radius 1 is 1.40 bits per heavy atom. The molecule has 0 saturated heterocycles. The van der Waals surface area contributed by atoms with E-state index in [0.717, 1.165) is 11.4 Å². The average Bonchev–Trinajstić information content (AvgIpc) is 3.10. The van der Waals surface area contributed by atoms with Gasteiger partial charge in [0.1, 0.15) is 5.82 Å². The van der Waals surface area contributed by atoms with Crippen molar-refractivity contribution in [2.24, 2.45) is 7.05 Å². The summed E-state index contributed by atoms with van der Waals surface area (Å²) in [6.45, 7) is 0. The molecule has 0 radical (unpaired) electrons. The molecule has 0 atom stereocenters. The molecule has 2 aromatic heterocycles. The van der Waals surface area contributed by atoms with Gasteiger partial charge in [-0.1, -0.05) is 12.1 Å². The Morgan fingerprint density at radius 3 is 3.00 bits per heavy atom. The normalized spacial score (nSPS) is 10.4. The molecule has 3 rings (SSSR count). The molecule has 2 N–H and O–H groups in total. The lowest BCUT2D eigenvalue weighted by molar-refractivity contribution is 0.102. The van der Waals surface area contributed by atoms with Crippen LogP contribution < -0.4 is 5.32 Å². The molecule has 0 aliphatic rings. The summed E-state index contributed by atoms with van der Waals surface area (Å²) < 4.78 is 1.59. The van der Waals surface area contributed by atoms with E-state index in [1.54, 1.807) is 30.3 Å². The molecular formula is C14H13N5O. The van der Waals surface area contributed by atoms with Crippen molar-refractivity contribution in [3.63, 3.8) is 0 Å². The van der Waals surface area contributed by atoms with E-state index in [2.05, 4.69) is 20.4 Å². The first-order valence-corrected chi connectivity index (χ1v) is 6.12. The molecule has 0 saturated carbocycles. The zero-order valence-electron chi connectivity index (χ0n) is 10.9. The summed E-state index contributed by atoms with van der Waals surface area (Å²) in [7, 11) is 1.77. The number of rotatable bonds is 3. The van der Waals surface area contributed by atoms with Crippen LogP contribution in [-0.2, 0) is 7.05 Å². The number of benzene rings is 1. The highest BCUT2D eigenvalue weighted by atomic mass is 16.1. The van der Waals surface area contributed by atoms with E-state index in [9.17, 15) is 4.79 Å². The van der Waals surface area contributed by atoms with Gasteiger partial charge in [0.15, 0.2) is 0 Å². The van der Waals surface area contributed by atoms with Crippen LogP contribution in [0.15, 0.2) is 49.1 Å². The molecule has 100 valence electrons. The Labute approximate surface area is 115 Å². The number of H-pyrrole nitrogens is 1. The minimum absolute atomic E-state index is 0.185. The lowest BCUT2D eigenvalue weighted by Crippen LogP contribution is -2.11. The number of nitrogens with one attached hydrogen (secondary N) is 2. The van der Waals surface area contributed by atoms with Crippen LogP contribution in [-0.4, -0.2) is 25.7 Å². The molecule has 1 aromatic carbocycles. The minimum Gasteiger partial charge on any atom is -0.345 e. The van der Waals surface area contributed by atoms with Crippen LogP contribution >= 0.6 is 0 Å². The molecule has 0 aliphatic carbocycles. The molecule has 3 aromatic rings. The van der Waals surface area contributed by atoms with Gasteiger partial charge in [-0.05, 0) is 12.1 Å². The number of hydrogen-bond donors (Lipinski definition) is 2. The Bertz CT molecular complexity index is 730. The SMILES string of the molecule is Cn1cc(C(=O)Nc2cccc(-c3ncc[nH]3)c2)cn1. The van der Waals surface area contributed by atoms with Crippen molar-refractivity contribution >= 4 is 11.6 Å². The van der Waals surface area contributed by atoms with Crippen molar-refractivity contribution in [3.05, 3.63) is 54.6 Å². The quantitative estimate of drug-likeness (QED) is 0.762. The molecule has 2 heterocycles. The van der Waals surface area contributed by atoms with E-state index in [0.29, 0.717) is 11.3 Å². The number of hydrogen-bond acceptors (Lipinski definition) is 3. The lowest BCUT2D eigenvalue weighted by Gasteiger charge is -2.05. The molecular weight excluding hydrogens is 254 g/mol. The highest BCUT2D eigenvalue weighted by Gasteiger charge is 2.09. The second-order valence-electron chi connectivity index (χ2n) is 4.38. The molecule has 0 fully saturated rings. The molecule has 0 unspecified atom stereocenters. The van der Waals surface area contributed by atoms with Crippen LogP contribution in [0, 0.1) is 0 Å². The van der Waals surface area contributed by atoms with E-state index in [1.165, 1.54) is 6.20 Å². The van der Waals surface area contributed by atoms with Gasteiger partial charge < -0.3 is 10.3 Å². The van der Waals surface area contributed by atoms with Crippen molar-refractivity contribution in [1.82, 2.24) is 19.7 Å². The fourth-order valence-corrected chi connectivity index (χ4v) is 1.91. The number of nitrogens with zero attached hydrogens (tertiary/aromatic N) is 3. The number of aromatic amines is 1. The number of amides is 1. The van der Waals surface area contributed by atoms with Crippen LogP contribution in [0.5, 0.6) is 0 Å². The monoisotopic (exact) mass is 267 g/mol. The lowest BCUT2D eigenvalue weighted by atomic mass is 10.2. The number of aryl methyl sites for hydroxylation is 1. The first-order valence-electron chi connectivity index (χ1n) is 6.12. The summed E-state index contributed by atoms with van der Waals surface area (Å²) in [6, 6.07) is 7.50. The second kappa shape index (κ2) is 5.00. The molecule has 20 heavy (non-hydrogen) atoms. The van der Waals surface area contributed by atoms with Gasteiger partial charge in [-0.2, -0.15) is 5.10 Å². The predicted octanol–water partition coefficient (Wildman–Crippen LogP) is 2.06. The van der Waals surface area contributed by atoms with Crippen LogP contribution in [0.25, 0.3) is 11.4 Å². The maximum Gasteiger partial charge on any atom is 0.258 e. The predicted molar refractivity (Wildman–Crippen MR) is 75.2 cm³/mol. The maximum atomic E-state index is 12.0. The highest BCUT2D eigenvalue weighted by molar-refractivity contribution is 6.04.